The van der Waals surface area contributed by atoms with Crippen LogP contribution in [0, 0.1) is 5.82 Å². The highest BCUT2D eigenvalue weighted by Crippen LogP contribution is 2.25. The average molecular weight is 463 g/mol. The van der Waals surface area contributed by atoms with E-state index in [1.165, 1.54) is 30.6 Å². The summed E-state index contributed by atoms with van der Waals surface area (Å²) in [6.45, 7) is 0. The molecule has 0 aliphatic carbocycles. The van der Waals surface area contributed by atoms with Crippen molar-refractivity contribution in [3.05, 3.63) is 65.3 Å². The van der Waals surface area contributed by atoms with Crippen LogP contribution in [-0.2, 0) is 19.4 Å². The van der Waals surface area contributed by atoms with E-state index in [1.54, 1.807) is 29.6 Å². The summed E-state index contributed by atoms with van der Waals surface area (Å²) >= 11 is 1.24. The van der Waals surface area contributed by atoms with Crippen molar-refractivity contribution in [2.24, 2.45) is 0 Å². The number of carbonyl (C=O) groups excluding carboxylic acids is 2. The second-order valence-corrected chi connectivity index (χ2v) is 9.50. The summed E-state index contributed by atoms with van der Waals surface area (Å²) in [5, 5.41) is 4.81. The monoisotopic (exact) mass is 462 g/mol. The number of ether oxygens (including phenoxy) is 1. The van der Waals surface area contributed by atoms with Crippen LogP contribution in [0.1, 0.15) is 23.2 Å². The zero-order valence-corrected chi connectivity index (χ0v) is 18.1. The van der Waals surface area contributed by atoms with E-state index in [2.05, 4.69) is 15.0 Å². The Morgan fingerprint density at radius 3 is 2.42 bits per heavy atom. The zero-order chi connectivity index (χ0) is 22.4. The number of hydrogen-bond acceptors (Lipinski definition) is 7. The van der Waals surface area contributed by atoms with E-state index in [0.717, 1.165) is 17.7 Å². The molecule has 3 aromatic rings. The molecule has 3 rings (SSSR count). The predicted octanol–water partition coefficient (Wildman–Crippen LogP) is 3.93. The van der Waals surface area contributed by atoms with Gasteiger partial charge in [-0.3, -0.25) is 4.79 Å². The Hall–Kier alpha value is -3.11. The van der Waals surface area contributed by atoms with E-state index < -0.39 is 21.6 Å². The molecule has 0 bridgehead atoms. The lowest BCUT2D eigenvalue weighted by Crippen LogP contribution is -2.14. The number of hydrogen-bond donors (Lipinski definition) is 1. The molecule has 7 nitrogen and oxygen atoms in total. The topological polar surface area (TPSA) is 102 Å². The number of amides is 1. The maximum absolute atomic E-state index is 12.9. The van der Waals surface area contributed by atoms with Gasteiger partial charge in [0, 0.05) is 17.4 Å². The number of halogens is 1. The Kier molecular flexibility index (Phi) is 7.13. The number of rotatable bonds is 8. The first kappa shape index (κ1) is 22.6. The minimum absolute atomic E-state index is 0.00314. The Balaban J connectivity index is 1.53. The molecule has 1 aromatic heterocycles. The van der Waals surface area contributed by atoms with Crippen molar-refractivity contribution < 1.29 is 27.1 Å². The first-order chi connectivity index (χ1) is 14.8. The molecule has 0 saturated heterocycles. The quantitative estimate of drug-likeness (QED) is 0.402. The molecule has 31 heavy (non-hydrogen) atoms. The van der Waals surface area contributed by atoms with Gasteiger partial charge in [0.2, 0.25) is 5.91 Å². The van der Waals surface area contributed by atoms with Gasteiger partial charge in [-0.1, -0.05) is 12.1 Å². The molecule has 162 valence electrons. The maximum Gasteiger partial charge on any atom is 0.337 e. The van der Waals surface area contributed by atoms with Crippen LogP contribution in [0.2, 0.25) is 0 Å². The van der Waals surface area contributed by atoms with Crippen molar-refractivity contribution in [2.75, 3.05) is 18.2 Å². The third-order valence-corrected chi connectivity index (χ3v) is 6.92. The van der Waals surface area contributed by atoms with Crippen LogP contribution < -0.4 is 5.32 Å². The highest BCUT2D eigenvalue weighted by atomic mass is 32.2. The first-order valence-electron chi connectivity index (χ1n) is 9.21. The normalized spacial score (nSPS) is 11.2. The van der Waals surface area contributed by atoms with E-state index in [1.807, 2.05) is 0 Å². The van der Waals surface area contributed by atoms with Gasteiger partial charge in [-0.05, 0) is 42.8 Å². The summed E-state index contributed by atoms with van der Waals surface area (Å²) < 4.78 is 42.1. The largest absolute Gasteiger partial charge is 0.465 e. The van der Waals surface area contributed by atoms with Gasteiger partial charge < -0.3 is 10.1 Å². The van der Waals surface area contributed by atoms with Crippen molar-refractivity contribution in [3.63, 3.8) is 0 Å². The molecule has 2 aromatic carbocycles. The summed E-state index contributed by atoms with van der Waals surface area (Å²) in [4.78, 5) is 28.0. The zero-order valence-electron chi connectivity index (χ0n) is 16.5. The Bertz CT molecular complexity index is 1170. The number of methoxy groups -OCH3 is 1. The molecular formula is C21H19FN2O5S2. The molecule has 0 radical (unpaired) electrons. The SMILES string of the molecule is COC(=O)c1ccc(-c2csc(NC(=O)CCCS(=O)(=O)c3ccc(F)cc3)n2)cc1. The third-order valence-electron chi connectivity index (χ3n) is 4.34. The number of carbonyl (C=O) groups is 2. The minimum atomic E-state index is -3.58. The fourth-order valence-electron chi connectivity index (χ4n) is 2.72. The molecule has 0 spiro atoms. The van der Waals surface area contributed by atoms with Gasteiger partial charge in [0.1, 0.15) is 5.82 Å². The maximum atomic E-state index is 12.9. The van der Waals surface area contributed by atoms with Crippen molar-refractivity contribution in [1.29, 1.82) is 0 Å². The molecule has 0 atom stereocenters. The number of benzene rings is 2. The fraction of sp³-hybridized carbons (Fsp3) is 0.190. The Labute approximate surface area is 182 Å². The first-order valence-corrected chi connectivity index (χ1v) is 11.7. The molecule has 0 unspecified atom stereocenters. The van der Waals surface area contributed by atoms with Gasteiger partial charge in [0.25, 0.3) is 0 Å². The van der Waals surface area contributed by atoms with Crippen molar-refractivity contribution in [2.45, 2.75) is 17.7 Å². The lowest BCUT2D eigenvalue weighted by molar-refractivity contribution is -0.116. The summed E-state index contributed by atoms with van der Waals surface area (Å²) in [5.74, 6) is -1.52. The standard InChI is InChI=1S/C21H19FN2O5S2/c1-29-20(26)15-6-4-14(5-7-15)18-13-30-21(23-18)24-19(25)3-2-12-31(27,28)17-10-8-16(22)9-11-17/h4-11,13H,2-3,12H2,1H3,(H,23,24,25). The Morgan fingerprint density at radius 1 is 1.10 bits per heavy atom. The number of sulfone groups is 1. The van der Waals surface area contributed by atoms with Gasteiger partial charge in [0.15, 0.2) is 15.0 Å². The lowest BCUT2D eigenvalue weighted by atomic mass is 10.1. The number of nitrogens with zero attached hydrogens (tertiary/aromatic N) is 1. The Morgan fingerprint density at radius 2 is 1.77 bits per heavy atom. The second kappa shape index (κ2) is 9.80. The highest BCUT2D eigenvalue weighted by Gasteiger charge is 2.16. The van der Waals surface area contributed by atoms with Gasteiger partial charge in [-0.25, -0.2) is 22.6 Å². The molecule has 1 amide bonds. The van der Waals surface area contributed by atoms with Crippen LogP contribution in [0.5, 0.6) is 0 Å². The van der Waals surface area contributed by atoms with E-state index in [-0.39, 0.29) is 29.4 Å². The van der Waals surface area contributed by atoms with Crippen LogP contribution >= 0.6 is 11.3 Å². The van der Waals surface area contributed by atoms with Crippen molar-refractivity contribution >= 4 is 38.2 Å². The van der Waals surface area contributed by atoms with Crippen molar-refractivity contribution in [3.8, 4) is 11.3 Å². The lowest BCUT2D eigenvalue weighted by Gasteiger charge is -2.05. The fourth-order valence-corrected chi connectivity index (χ4v) is 4.77. The smallest absolute Gasteiger partial charge is 0.337 e. The summed E-state index contributed by atoms with van der Waals surface area (Å²) in [5.41, 5.74) is 1.83. The molecule has 0 aliphatic heterocycles. The third kappa shape index (κ3) is 5.96. The number of thiazole rings is 1. The van der Waals surface area contributed by atoms with Crippen LogP contribution in [-0.4, -0.2) is 38.1 Å². The number of anilines is 1. The number of aromatic nitrogens is 1. The molecular weight excluding hydrogens is 443 g/mol. The minimum Gasteiger partial charge on any atom is -0.465 e. The number of nitrogens with one attached hydrogen (secondary N) is 1. The average Bonchev–Trinajstić information content (AvgIpc) is 3.21. The molecule has 1 N–H and O–H groups in total. The van der Waals surface area contributed by atoms with E-state index in [0.29, 0.717) is 16.4 Å². The van der Waals surface area contributed by atoms with Crippen LogP contribution in [0.3, 0.4) is 0 Å². The van der Waals surface area contributed by atoms with Gasteiger partial charge in [-0.15, -0.1) is 11.3 Å². The van der Waals surface area contributed by atoms with Gasteiger partial charge >= 0.3 is 5.97 Å². The highest BCUT2D eigenvalue weighted by molar-refractivity contribution is 7.91. The second-order valence-electron chi connectivity index (χ2n) is 6.53. The molecule has 0 fully saturated rings. The van der Waals surface area contributed by atoms with E-state index >= 15 is 0 Å². The van der Waals surface area contributed by atoms with Gasteiger partial charge in [0.05, 0.1) is 29.0 Å². The predicted molar refractivity (Wildman–Crippen MR) is 115 cm³/mol. The van der Waals surface area contributed by atoms with E-state index in [9.17, 15) is 22.4 Å². The molecule has 10 heteroatoms. The molecule has 0 aliphatic rings. The van der Waals surface area contributed by atoms with Crippen LogP contribution in [0.25, 0.3) is 11.3 Å². The van der Waals surface area contributed by atoms with Crippen LogP contribution in [0.15, 0.2) is 58.8 Å². The molecule has 0 saturated carbocycles. The van der Waals surface area contributed by atoms with Crippen LogP contribution in [0.4, 0.5) is 9.52 Å². The summed E-state index contributed by atoms with van der Waals surface area (Å²) in [7, 11) is -2.27. The summed E-state index contributed by atoms with van der Waals surface area (Å²) in [6.07, 6.45) is 0.127. The van der Waals surface area contributed by atoms with E-state index in [4.69, 9.17) is 0 Å². The van der Waals surface area contributed by atoms with Gasteiger partial charge in [-0.2, -0.15) is 0 Å². The molecule has 1 heterocycles. The summed E-state index contributed by atoms with van der Waals surface area (Å²) in [6, 6.07) is 11.3. The van der Waals surface area contributed by atoms with Crippen molar-refractivity contribution in [1.82, 2.24) is 4.98 Å². The number of esters is 1.